The van der Waals surface area contributed by atoms with Crippen LogP contribution in [0.1, 0.15) is 25.0 Å². The molecule has 0 aliphatic carbocycles. The standard InChI is InChI=1S/C21H27NO3/c1-4-22(3)16-17-24-20(23)21(25-5-2,18-12-8-6-9-13-18)19-14-10-7-11-15-19/h6-15H,4-5,16-17H2,1-3H3. The summed E-state index contributed by atoms with van der Waals surface area (Å²) in [6.45, 7) is 6.28. The third-order valence-corrected chi connectivity index (χ3v) is 4.25. The zero-order valence-corrected chi connectivity index (χ0v) is 15.3. The molecule has 0 radical (unpaired) electrons. The number of rotatable bonds is 9. The molecule has 2 aromatic carbocycles. The van der Waals surface area contributed by atoms with Crippen LogP contribution in [0.2, 0.25) is 0 Å². The Morgan fingerprint density at radius 2 is 1.48 bits per heavy atom. The van der Waals surface area contributed by atoms with Crippen molar-refractivity contribution in [2.24, 2.45) is 0 Å². The maximum Gasteiger partial charge on any atom is 0.347 e. The Labute approximate surface area is 150 Å². The van der Waals surface area contributed by atoms with Crippen molar-refractivity contribution in [2.45, 2.75) is 19.4 Å². The molecule has 0 saturated carbocycles. The lowest BCUT2D eigenvalue weighted by Gasteiger charge is -2.32. The van der Waals surface area contributed by atoms with Crippen molar-refractivity contribution in [3.05, 3.63) is 71.8 Å². The van der Waals surface area contributed by atoms with E-state index >= 15 is 0 Å². The van der Waals surface area contributed by atoms with Crippen molar-refractivity contribution < 1.29 is 14.3 Å². The Morgan fingerprint density at radius 1 is 0.960 bits per heavy atom. The molecule has 25 heavy (non-hydrogen) atoms. The lowest BCUT2D eigenvalue weighted by Crippen LogP contribution is -2.42. The molecule has 2 rings (SSSR count). The average Bonchev–Trinajstić information content (AvgIpc) is 2.67. The minimum Gasteiger partial charge on any atom is -0.462 e. The van der Waals surface area contributed by atoms with E-state index in [1.165, 1.54) is 0 Å². The molecule has 0 saturated heterocycles. The second-order valence-electron chi connectivity index (χ2n) is 5.88. The lowest BCUT2D eigenvalue weighted by atomic mass is 9.86. The van der Waals surface area contributed by atoms with Gasteiger partial charge in [0.2, 0.25) is 5.60 Å². The molecular weight excluding hydrogens is 314 g/mol. The monoisotopic (exact) mass is 341 g/mol. The van der Waals surface area contributed by atoms with Gasteiger partial charge in [-0.2, -0.15) is 0 Å². The van der Waals surface area contributed by atoms with E-state index in [0.29, 0.717) is 19.8 Å². The minimum absolute atomic E-state index is 0.331. The summed E-state index contributed by atoms with van der Waals surface area (Å²) in [7, 11) is 2.00. The van der Waals surface area contributed by atoms with Gasteiger partial charge in [-0.25, -0.2) is 4.79 Å². The molecule has 0 atom stereocenters. The van der Waals surface area contributed by atoms with Gasteiger partial charge in [0.15, 0.2) is 0 Å². The molecule has 2 aromatic rings. The van der Waals surface area contributed by atoms with Gasteiger partial charge in [-0.05, 0) is 31.6 Å². The Hall–Kier alpha value is -2.17. The van der Waals surface area contributed by atoms with Crippen LogP contribution in [0.3, 0.4) is 0 Å². The molecule has 0 bridgehead atoms. The van der Waals surface area contributed by atoms with Crippen molar-refractivity contribution in [3.63, 3.8) is 0 Å². The molecule has 0 unspecified atom stereocenters. The summed E-state index contributed by atoms with van der Waals surface area (Å²) in [6, 6.07) is 19.1. The van der Waals surface area contributed by atoms with E-state index in [1.807, 2.05) is 74.6 Å². The van der Waals surface area contributed by atoms with Crippen molar-refractivity contribution in [3.8, 4) is 0 Å². The van der Waals surface area contributed by atoms with E-state index in [0.717, 1.165) is 17.7 Å². The first-order valence-electron chi connectivity index (χ1n) is 8.75. The fourth-order valence-electron chi connectivity index (χ4n) is 2.74. The first kappa shape index (κ1) is 19.2. The summed E-state index contributed by atoms with van der Waals surface area (Å²) < 4.78 is 11.7. The highest BCUT2D eigenvalue weighted by Gasteiger charge is 2.44. The number of ether oxygens (including phenoxy) is 2. The van der Waals surface area contributed by atoms with Crippen molar-refractivity contribution in [1.82, 2.24) is 4.90 Å². The maximum absolute atomic E-state index is 13.2. The highest BCUT2D eigenvalue weighted by atomic mass is 16.6. The summed E-state index contributed by atoms with van der Waals surface area (Å²) in [5, 5.41) is 0. The van der Waals surface area contributed by atoms with Crippen LogP contribution < -0.4 is 0 Å². The first-order chi connectivity index (χ1) is 12.1. The van der Waals surface area contributed by atoms with Crippen LogP contribution in [0.15, 0.2) is 60.7 Å². The van der Waals surface area contributed by atoms with E-state index < -0.39 is 5.60 Å². The minimum atomic E-state index is -1.25. The number of esters is 1. The predicted molar refractivity (Wildman–Crippen MR) is 99.4 cm³/mol. The summed E-state index contributed by atoms with van der Waals surface area (Å²) in [4.78, 5) is 15.3. The van der Waals surface area contributed by atoms with Gasteiger partial charge in [0.1, 0.15) is 6.61 Å². The predicted octanol–water partition coefficient (Wildman–Crippen LogP) is 3.46. The van der Waals surface area contributed by atoms with Crippen molar-refractivity contribution in [1.29, 1.82) is 0 Å². The van der Waals surface area contributed by atoms with Gasteiger partial charge >= 0.3 is 5.97 Å². The van der Waals surface area contributed by atoms with Crippen molar-refractivity contribution in [2.75, 3.05) is 33.4 Å². The summed E-state index contributed by atoms with van der Waals surface area (Å²) >= 11 is 0. The number of nitrogens with zero attached hydrogens (tertiary/aromatic N) is 1. The van der Waals surface area contributed by atoms with Gasteiger partial charge in [-0.3, -0.25) is 0 Å². The van der Waals surface area contributed by atoms with Crippen LogP contribution in [-0.4, -0.2) is 44.2 Å². The zero-order chi connectivity index (χ0) is 18.1. The molecule has 0 amide bonds. The molecule has 0 heterocycles. The zero-order valence-electron chi connectivity index (χ0n) is 15.3. The van der Waals surface area contributed by atoms with Gasteiger partial charge in [-0.15, -0.1) is 0 Å². The average molecular weight is 341 g/mol. The number of hydrogen-bond donors (Lipinski definition) is 0. The third-order valence-electron chi connectivity index (χ3n) is 4.25. The van der Waals surface area contributed by atoms with E-state index in [1.54, 1.807) is 0 Å². The van der Waals surface area contributed by atoms with E-state index in [-0.39, 0.29) is 5.97 Å². The Balaban J connectivity index is 2.39. The highest BCUT2D eigenvalue weighted by Crippen LogP contribution is 2.35. The topological polar surface area (TPSA) is 38.8 Å². The van der Waals surface area contributed by atoms with E-state index in [4.69, 9.17) is 9.47 Å². The molecule has 0 spiro atoms. The summed E-state index contributed by atoms with van der Waals surface area (Å²) in [5.41, 5.74) is 0.302. The van der Waals surface area contributed by atoms with Crippen molar-refractivity contribution >= 4 is 5.97 Å². The third kappa shape index (κ3) is 4.47. The molecule has 0 aliphatic heterocycles. The second-order valence-corrected chi connectivity index (χ2v) is 5.88. The first-order valence-corrected chi connectivity index (χ1v) is 8.75. The molecule has 0 fully saturated rings. The molecule has 0 aliphatic rings. The SMILES string of the molecule is CCOC(C(=O)OCCN(C)CC)(c1ccccc1)c1ccccc1. The van der Waals surface area contributed by atoms with Crippen LogP contribution in [0.4, 0.5) is 0 Å². The van der Waals surface area contributed by atoms with Crippen LogP contribution in [0.5, 0.6) is 0 Å². The number of hydrogen-bond acceptors (Lipinski definition) is 4. The molecule has 0 aromatic heterocycles. The fraction of sp³-hybridized carbons (Fsp3) is 0.381. The Bertz CT molecular complexity index is 603. The number of carbonyl (C=O) groups is 1. The normalized spacial score (nSPS) is 11.5. The van der Waals surface area contributed by atoms with Crippen LogP contribution >= 0.6 is 0 Å². The Kier molecular flexibility index (Phi) is 7.16. The van der Waals surface area contributed by atoms with Gasteiger partial charge in [0, 0.05) is 13.2 Å². The van der Waals surface area contributed by atoms with Crippen LogP contribution in [0.25, 0.3) is 0 Å². The van der Waals surface area contributed by atoms with Crippen LogP contribution in [0, 0.1) is 0 Å². The highest BCUT2D eigenvalue weighted by molar-refractivity contribution is 5.85. The van der Waals surface area contributed by atoms with Gasteiger partial charge < -0.3 is 14.4 Å². The second kappa shape index (κ2) is 9.35. The molecule has 0 N–H and O–H groups in total. The molecule has 134 valence electrons. The molecule has 4 heteroatoms. The summed E-state index contributed by atoms with van der Waals surface area (Å²) in [6.07, 6.45) is 0. The number of benzene rings is 2. The molecular formula is C21H27NO3. The van der Waals surface area contributed by atoms with E-state index in [9.17, 15) is 4.79 Å². The van der Waals surface area contributed by atoms with Gasteiger partial charge in [-0.1, -0.05) is 67.6 Å². The fourth-order valence-corrected chi connectivity index (χ4v) is 2.74. The number of likely N-dealkylation sites (N-methyl/N-ethyl adjacent to an activating group) is 1. The van der Waals surface area contributed by atoms with Crippen LogP contribution in [-0.2, 0) is 19.9 Å². The maximum atomic E-state index is 13.2. The molecule has 4 nitrogen and oxygen atoms in total. The smallest absolute Gasteiger partial charge is 0.347 e. The Morgan fingerprint density at radius 3 is 1.92 bits per heavy atom. The largest absolute Gasteiger partial charge is 0.462 e. The lowest BCUT2D eigenvalue weighted by molar-refractivity contribution is -0.168. The quantitative estimate of drug-likeness (QED) is 0.655. The van der Waals surface area contributed by atoms with Gasteiger partial charge in [0.25, 0.3) is 0 Å². The van der Waals surface area contributed by atoms with E-state index in [2.05, 4.69) is 11.8 Å². The summed E-state index contributed by atoms with van der Waals surface area (Å²) in [5.74, 6) is -0.378. The number of carbonyl (C=O) groups excluding carboxylic acids is 1. The van der Waals surface area contributed by atoms with Gasteiger partial charge in [0.05, 0.1) is 0 Å².